The monoisotopic (exact) mass is 238 g/mol. The van der Waals surface area contributed by atoms with Gasteiger partial charge in [0.15, 0.2) is 0 Å². The Morgan fingerprint density at radius 2 is 2.00 bits per heavy atom. The Morgan fingerprint density at radius 1 is 1.38 bits per heavy atom. The summed E-state index contributed by atoms with van der Waals surface area (Å²) in [7, 11) is 2.07. The van der Waals surface area contributed by atoms with Crippen molar-refractivity contribution in [2.24, 2.45) is 5.73 Å². The third kappa shape index (κ3) is 4.16. The van der Waals surface area contributed by atoms with Crippen LogP contribution in [0.1, 0.15) is 12.5 Å². The highest BCUT2D eigenvalue weighted by Gasteiger charge is 1.98. The van der Waals surface area contributed by atoms with E-state index in [1.807, 2.05) is 24.3 Å². The fourth-order valence-corrected chi connectivity index (χ4v) is 1.33. The summed E-state index contributed by atoms with van der Waals surface area (Å²) in [5, 5.41) is 0. The first-order valence-corrected chi connectivity index (χ1v) is 5.75. The molecule has 0 atom stereocenters. The van der Waals surface area contributed by atoms with Crippen LogP contribution in [0.4, 0.5) is 0 Å². The van der Waals surface area contributed by atoms with Gasteiger partial charge in [-0.25, -0.2) is 0 Å². The second-order valence-corrected chi connectivity index (χ2v) is 4.07. The maximum atomic E-state index is 5.59. The second-order valence-electron chi connectivity index (χ2n) is 3.63. The summed E-state index contributed by atoms with van der Waals surface area (Å²) in [6.45, 7) is 4.77. The molecule has 1 aromatic rings. The summed E-state index contributed by atoms with van der Waals surface area (Å²) in [4.78, 5) is 2.61. The molecule has 0 amide bonds. The van der Waals surface area contributed by atoms with Crippen LogP contribution >= 0.6 is 12.2 Å². The number of hydrogen-bond donors (Lipinski definition) is 1. The van der Waals surface area contributed by atoms with Crippen LogP contribution in [0.25, 0.3) is 0 Å². The normalized spacial score (nSPS) is 10.4. The average molecular weight is 238 g/mol. The Morgan fingerprint density at radius 3 is 2.50 bits per heavy atom. The predicted octanol–water partition coefficient (Wildman–Crippen LogP) is 1.65. The molecule has 1 aromatic carbocycles. The molecule has 0 saturated carbocycles. The van der Waals surface area contributed by atoms with Crippen molar-refractivity contribution in [3.05, 3.63) is 29.8 Å². The van der Waals surface area contributed by atoms with Gasteiger partial charge in [0, 0.05) is 12.1 Å². The van der Waals surface area contributed by atoms with Crippen LogP contribution in [-0.4, -0.2) is 36.6 Å². The molecule has 3 nitrogen and oxygen atoms in total. The van der Waals surface area contributed by atoms with Gasteiger partial charge in [-0.2, -0.15) is 0 Å². The number of benzene rings is 1. The first-order chi connectivity index (χ1) is 7.63. The molecule has 0 heterocycles. The minimum Gasteiger partial charge on any atom is -0.492 e. The number of nitrogens with two attached hydrogens (primary N) is 1. The predicted molar refractivity (Wildman–Crippen MR) is 71.0 cm³/mol. The van der Waals surface area contributed by atoms with Gasteiger partial charge in [0.1, 0.15) is 17.3 Å². The molecular weight excluding hydrogens is 220 g/mol. The van der Waals surface area contributed by atoms with E-state index in [0.717, 1.165) is 24.4 Å². The highest BCUT2D eigenvalue weighted by molar-refractivity contribution is 7.80. The minimum atomic E-state index is 0.414. The molecule has 4 heteroatoms. The first-order valence-electron chi connectivity index (χ1n) is 5.34. The van der Waals surface area contributed by atoms with Crippen molar-refractivity contribution >= 4 is 17.2 Å². The average Bonchev–Trinajstić information content (AvgIpc) is 2.29. The summed E-state index contributed by atoms with van der Waals surface area (Å²) in [6, 6.07) is 7.53. The summed E-state index contributed by atoms with van der Waals surface area (Å²) in [5.41, 5.74) is 6.37. The van der Waals surface area contributed by atoms with Gasteiger partial charge in [0.05, 0.1) is 0 Å². The van der Waals surface area contributed by atoms with Gasteiger partial charge < -0.3 is 15.4 Å². The molecule has 0 saturated heterocycles. The Bertz CT molecular complexity index is 337. The second kappa shape index (κ2) is 6.45. The summed E-state index contributed by atoms with van der Waals surface area (Å²) in [6.07, 6.45) is 0. The molecule has 0 aliphatic heterocycles. The lowest BCUT2D eigenvalue weighted by atomic mass is 10.2. The van der Waals surface area contributed by atoms with Crippen LogP contribution in [-0.2, 0) is 0 Å². The zero-order valence-electron chi connectivity index (χ0n) is 9.77. The van der Waals surface area contributed by atoms with E-state index in [1.54, 1.807) is 0 Å². The molecule has 0 aliphatic carbocycles. The summed E-state index contributed by atoms with van der Waals surface area (Å²) < 4.78 is 5.59. The Balaban J connectivity index is 2.40. The highest BCUT2D eigenvalue weighted by Crippen LogP contribution is 2.11. The maximum Gasteiger partial charge on any atom is 0.119 e. The number of nitrogens with zero attached hydrogens (tertiary/aromatic N) is 1. The van der Waals surface area contributed by atoms with E-state index in [1.165, 1.54) is 0 Å². The van der Waals surface area contributed by atoms with Gasteiger partial charge >= 0.3 is 0 Å². The summed E-state index contributed by atoms with van der Waals surface area (Å²) >= 11 is 4.87. The molecule has 16 heavy (non-hydrogen) atoms. The molecule has 0 spiro atoms. The van der Waals surface area contributed by atoms with Crippen LogP contribution in [0.2, 0.25) is 0 Å². The molecule has 0 fully saturated rings. The Kier molecular flexibility index (Phi) is 5.22. The van der Waals surface area contributed by atoms with Crippen LogP contribution in [0.3, 0.4) is 0 Å². The van der Waals surface area contributed by atoms with E-state index in [9.17, 15) is 0 Å². The van der Waals surface area contributed by atoms with Gasteiger partial charge in [-0.15, -0.1) is 0 Å². The quantitative estimate of drug-likeness (QED) is 0.765. The van der Waals surface area contributed by atoms with E-state index in [-0.39, 0.29) is 0 Å². The van der Waals surface area contributed by atoms with Crippen molar-refractivity contribution in [2.75, 3.05) is 26.7 Å². The van der Waals surface area contributed by atoms with E-state index >= 15 is 0 Å². The zero-order valence-corrected chi connectivity index (χ0v) is 10.6. The lowest BCUT2D eigenvalue weighted by Gasteiger charge is -2.14. The number of rotatable bonds is 6. The van der Waals surface area contributed by atoms with Crippen LogP contribution in [0.5, 0.6) is 5.75 Å². The number of thiocarbonyl (C=S) groups is 1. The Labute approximate surface area is 102 Å². The van der Waals surface area contributed by atoms with Crippen molar-refractivity contribution in [1.82, 2.24) is 4.90 Å². The molecule has 1 rings (SSSR count). The van der Waals surface area contributed by atoms with Gasteiger partial charge in [0.25, 0.3) is 0 Å². The molecule has 0 aromatic heterocycles. The van der Waals surface area contributed by atoms with Crippen LogP contribution in [0.15, 0.2) is 24.3 Å². The van der Waals surface area contributed by atoms with Crippen LogP contribution in [0, 0.1) is 0 Å². The fraction of sp³-hybridized carbons (Fsp3) is 0.417. The Hall–Kier alpha value is -1.13. The molecule has 0 radical (unpaired) electrons. The largest absolute Gasteiger partial charge is 0.492 e. The zero-order chi connectivity index (χ0) is 12.0. The molecular formula is C12H18N2OS. The van der Waals surface area contributed by atoms with Crippen molar-refractivity contribution in [3.63, 3.8) is 0 Å². The van der Waals surface area contributed by atoms with Crippen molar-refractivity contribution in [3.8, 4) is 5.75 Å². The van der Waals surface area contributed by atoms with Gasteiger partial charge in [-0.3, -0.25) is 0 Å². The number of hydrogen-bond acceptors (Lipinski definition) is 3. The first kappa shape index (κ1) is 12.9. The number of ether oxygens (including phenoxy) is 1. The van der Waals surface area contributed by atoms with Crippen LogP contribution < -0.4 is 10.5 Å². The summed E-state index contributed by atoms with van der Waals surface area (Å²) in [5.74, 6) is 0.851. The van der Waals surface area contributed by atoms with E-state index in [2.05, 4.69) is 18.9 Å². The van der Waals surface area contributed by atoms with E-state index < -0.39 is 0 Å². The third-order valence-electron chi connectivity index (χ3n) is 2.42. The lowest BCUT2D eigenvalue weighted by molar-refractivity contribution is 0.244. The molecule has 0 aliphatic rings. The van der Waals surface area contributed by atoms with Gasteiger partial charge in [-0.05, 0) is 37.9 Å². The van der Waals surface area contributed by atoms with Gasteiger partial charge in [-0.1, -0.05) is 19.1 Å². The number of likely N-dealkylation sites (N-methyl/N-ethyl adjacent to an activating group) is 1. The minimum absolute atomic E-state index is 0.414. The maximum absolute atomic E-state index is 5.59. The SMILES string of the molecule is CCN(C)CCOc1ccc(C(N)=S)cc1. The molecule has 88 valence electrons. The highest BCUT2D eigenvalue weighted by atomic mass is 32.1. The molecule has 0 bridgehead atoms. The fourth-order valence-electron chi connectivity index (χ4n) is 1.19. The van der Waals surface area contributed by atoms with Crippen molar-refractivity contribution in [2.45, 2.75) is 6.92 Å². The third-order valence-corrected chi connectivity index (χ3v) is 2.66. The molecule has 2 N–H and O–H groups in total. The lowest BCUT2D eigenvalue weighted by Crippen LogP contribution is -2.23. The van der Waals surface area contributed by atoms with Crippen molar-refractivity contribution in [1.29, 1.82) is 0 Å². The topological polar surface area (TPSA) is 38.5 Å². The van der Waals surface area contributed by atoms with Crippen molar-refractivity contribution < 1.29 is 4.74 Å². The standard InChI is InChI=1S/C12H18N2OS/c1-3-14(2)8-9-15-11-6-4-10(5-7-11)12(13)16/h4-7H,3,8-9H2,1-2H3,(H2,13,16). The smallest absolute Gasteiger partial charge is 0.119 e. The van der Waals surface area contributed by atoms with E-state index in [0.29, 0.717) is 11.6 Å². The van der Waals surface area contributed by atoms with E-state index in [4.69, 9.17) is 22.7 Å². The van der Waals surface area contributed by atoms with Gasteiger partial charge in [0.2, 0.25) is 0 Å². The molecule has 0 unspecified atom stereocenters.